The maximum atomic E-state index is 5.18. The zero-order chi connectivity index (χ0) is 13.1. The zero-order valence-corrected chi connectivity index (χ0v) is 11.0. The summed E-state index contributed by atoms with van der Waals surface area (Å²) in [6, 6.07) is 16.8. The number of rotatable bonds is 3. The molecule has 0 unspecified atom stereocenters. The van der Waals surface area contributed by atoms with Crippen molar-refractivity contribution in [3.63, 3.8) is 0 Å². The van der Waals surface area contributed by atoms with Crippen LogP contribution in [0, 0.1) is 0 Å². The van der Waals surface area contributed by atoms with Gasteiger partial charge < -0.3 is 9.64 Å². The van der Waals surface area contributed by atoms with Gasteiger partial charge in [-0.25, -0.2) is 0 Å². The van der Waals surface area contributed by atoms with Crippen molar-refractivity contribution in [1.29, 1.82) is 0 Å². The fourth-order valence-electron chi connectivity index (χ4n) is 2.37. The molecule has 0 saturated carbocycles. The lowest BCUT2D eigenvalue weighted by atomic mass is 10.0. The average molecular weight is 251 g/mol. The Morgan fingerprint density at radius 3 is 2.63 bits per heavy atom. The lowest BCUT2D eigenvalue weighted by molar-refractivity contribution is 0.359. The van der Waals surface area contributed by atoms with Crippen molar-refractivity contribution >= 4 is 6.08 Å². The van der Waals surface area contributed by atoms with Gasteiger partial charge in [0.25, 0.3) is 0 Å². The van der Waals surface area contributed by atoms with Gasteiger partial charge in [0.1, 0.15) is 5.75 Å². The van der Waals surface area contributed by atoms with Crippen molar-refractivity contribution in [2.45, 2.75) is 13.1 Å². The Balaban J connectivity index is 1.72. The summed E-state index contributed by atoms with van der Waals surface area (Å²) >= 11 is 0. The summed E-state index contributed by atoms with van der Waals surface area (Å²) in [5.74, 6) is 0.906. The van der Waals surface area contributed by atoms with Gasteiger partial charge in [-0.05, 0) is 34.9 Å². The third kappa shape index (κ3) is 2.63. The van der Waals surface area contributed by atoms with Crippen molar-refractivity contribution in [3.8, 4) is 5.75 Å². The van der Waals surface area contributed by atoms with Crippen LogP contribution in [0.25, 0.3) is 6.08 Å². The molecule has 2 heteroatoms. The van der Waals surface area contributed by atoms with Crippen LogP contribution in [0.15, 0.2) is 54.7 Å². The van der Waals surface area contributed by atoms with E-state index in [2.05, 4.69) is 53.6 Å². The Kier molecular flexibility index (Phi) is 3.23. The molecule has 0 aromatic heterocycles. The van der Waals surface area contributed by atoms with Gasteiger partial charge in [-0.15, -0.1) is 0 Å². The second kappa shape index (κ2) is 5.19. The van der Waals surface area contributed by atoms with Gasteiger partial charge in [0.2, 0.25) is 0 Å². The summed E-state index contributed by atoms with van der Waals surface area (Å²) in [6.45, 7) is 1.90. The summed E-state index contributed by atoms with van der Waals surface area (Å²) in [6.07, 6.45) is 4.36. The molecule has 0 atom stereocenters. The monoisotopic (exact) mass is 251 g/mol. The second-order valence-electron chi connectivity index (χ2n) is 4.77. The molecular formula is C17H17NO. The van der Waals surface area contributed by atoms with Crippen molar-refractivity contribution in [2.24, 2.45) is 0 Å². The smallest absolute Gasteiger partial charge is 0.118 e. The maximum Gasteiger partial charge on any atom is 0.118 e. The van der Waals surface area contributed by atoms with E-state index >= 15 is 0 Å². The van der Waals surface area contributed by atoms with Crippen LogP contribution in [0.2, 0.25) is 0 Å². The van der Waals surface area contributed by atoms with Gasteiger partial charge >= 0.3 is 0 Å². The fraction of sp³-hybridized carbons (Fsp3) is 0.176. The maximum absolute atomic E-state index is 5.18. The molecule has 2 nitrogen and oxygen atoms in total. The van der Waals surface area contributed by atoms with E-state index in [-0.39, 0.29) is 0 Å². The Labute approximate surface area is 113 Å². The van der Waals surface area contributed by atoms with Crippen molar-refractivity contribution in [1.82, 2.24) is 4.90 Å². The second-order valence-corrected chi connectivity index (χ2v) is 4.77. The molecule has 2 aromatic rings. The van der Waals surface area contributed by atoms with E-state index in [0.717, 1.165) is 18.8 Å². The van der Waals surface area contributed by atoms with Crippen LogP contribution in [0.4, 0.5) is 0 Å². The topological polar surface area (TPSA) is 12.5 Å². The fourth-order valence-corrected chi connectivity index (χ4v) is 2.37. The average Bonchev–Trinajstić information content (AvgIpc) is 2.48. The summed E-state index contributed by atoms with van der Waals surface area (Å²) in [7, 11) is 1.69. The molecule has 3 rings (SSSR count). The minimum Gasteiger partial charge on any atom is -0.497 e. The minimum atomic E-state index is 0.906. The third-order valence-corrected chi connectivity index (χ3v) is 3.44. The van der Waals surface area contributed by atoms with Gasteiger partial charge in [0.05, 0.1) is 7.11 Å². The largest absolute Gasteiger partial charge is 0.497 e. The first-order valence-corrected chi connectivity index (χ1v) is 6.48. The van der Waals surface area contributed by atoms with E-state index < -0.39 is 0 Å². The Bertz CT molecular complexity index is 586. The van der Waals surface area contributed by atoms with E-state index in [1.807, 2.05) is 12.1 Å². The highest BCUT2D eigenvalue weighted by Gasteiger charge is 2.09. The zero-order valence-electron chi connectivity index (χ0n) is 11.0. The van der Waals surface area contributed by atoms with Crippen LogP contribution >= 0.6 is 0 Å². The number of ether oxygens (including phenoxy) is 1. The van der Waals surface area contributed by atoms with Gasteiger partial charge in [-0.2, -0.15) is 0 Å². The molecule has 0 amide bonds. The van der Waals surface area contributed by atoms with Crippen LogP contribution in [-0.2, 0) is 13.1 Å². The minimum absolute atomic E-state index is 0.906. The van der Waals surface area contributed by atoms with Crippen LogP contribution in [0.5, 0.6) is 5.75 Å². The molecule has 0 N–H and O–H groups in total. The highest BCUT2D eigenvalue weighted by atomic mass is 16.5. The number of benzene rings is 2. The van der Waals surface area contributed by atoms with Crippen molar-refractivity contribution in [3.05, 3.63) is 71.4 Å². The van der Waals surface area contributed by atoms with Crippen LogP contribution in [-0.4, -0.2) is 12.0 Å². The highest BCUT2D eigenvalue weighted by molar-refractivity contribution is 5.55. The molecule has 96 valence electrons. The van der Waals surface area contributed by atoms with Crippen molar-refractivity contribution in [2.75, 3.05) is 7.11 Å². The first kappa shape index (κ1) is 11.8. The van der Waals surface area contributed by atoms with E-state index in [9.17, 15) is 0 Å². The first-order valence-electron chi connectivity index (χ1n) is 6.48. The third-order valence-electron chi connectivity index (χ3n) is 3.44. The summed E-state index contributed by atoms with van der Waals surface area (Å²) in [5, 5.41) is 0. The van der Waals surface area contributed by atoms with Crippen LogP contribution in [0.3, 0.4) is 0 Å². The molecule has 1 aliphatic heterocycles. The van der Waals surface area contributed by atoms with Gasteiger partial charge in [-0.1, -0.05) is 36.4 Å². The standard InChI is InChI=1S/C17H17NO/c1-19-17-8-6-14(7-9-17)12-18-11-10-15-4-2-3-5-16(15)13-18/h2-11H,12-13H2,1H3. The van der Waals surface area contributed by atoms with E-state index in [0.29, 0.717) is 0 Å². The van der Waals surface area contributed by atoms with Gasteiger partial charge in [-0.3, -0.25) is 0 Å². The van der Waals surface area contributed by atoms with Gasteiger partial charge in [0.15, 0.2) is 0 Å². The highest BCUT2D eigenvalue weighted by Crippen LogP contribution is 2.21. The lowest BCUT2D eigenvalue weighted by Crippen LogP contribution is -2.19. The first-order chi connectivity index (χ1) is 9.35. The lowest BCUT2D eigenvalue weighted by Gasteiger charge is -2.25. The normalized spacial score (nSPS) is 13.2. The molecule has 2 aromatic carbocycles. The van der Waals surface area contributed by atoms with Gasteiger partial charge in [0, 0.05) is 19.3 Å². The molecule has 0 fully saturated rings. The molecule has 0 saturated heterocycles. The number of methoxy groups -OCH3 is 1. The molecule has 0 aliphatic carbocycles. The molecule has 19 heavy (non-hydrogen) atoms. The predicted molar refractivity (Wildman–Crippen MR) is 77.7 cm³/mol. The van der Waals surface area contributed by atoms with Crippen LogP contribution < -0.4 is 4.74 Å². The van der Waals surface area contributed by atoms with Crippen molar-refractivity contribution < 1.29 is 4.74 Å². The van der Waals surface area contributed by atoms with E-state index in [4.69, 9.17) is 4.74 Å². The summed E-state index contributed by atoms with van der Waals surface area (Å²) < 4.78 is 5.18. The van der Waals surface area contributed by atoms with Crippen LogP contribution in [0.1, 0.15) is 16.7 Å². The quantitative estimate of drug-likeness (QED) is 0.825. The summed E-state index contributed by atoms with van der Waals surface area (Å²) in [5.41, 5.74) is 4.01. The Morgan fingerprint density at radius 1 is 1.05 bits per heavy atom. The molecule has 0 spiro atoms. The molecule has 1 heterocycles. The number of hydrogen-bond donors (Lipinski definition) is 0. The molecular weight excluding hydrogens is 234 g/mol. The SMILES string of the molecule is COc1ccc(CN2C=Cc3ccccc3C2)cc1. The number of hydrogen-bond acceptors (Lipinski definition) is 2. The molecule has 1 aliphatic rings. The Hall–Kier alpha value is -2.22. The molecule has 0 bridgehead atoms. The van der Waals surface area contributed by atoms with E-state index in [1.54, 1.807) is 7.11 Å². The molecule has 0 radical (unpaired) electrons. The van der Waals surface area contributed by atoms with E-state index in [1.165, 1.54) is 16.7 Å². The summed E-state index contributed by atoms with van der Waals surface area (Å²) in [4.78, 5) is 2.32. The number of nitrogens with zero attached hydrogens (tertiary/aromatic N) is 1. The predicted octanol–water partition coefficient (Wildman–Crippen LogP) is 3.68. The number of fused-ring (bicyclic) bond motifs is 1. The Morgan fingerprint density at radius 2 is 1.84 bits per heavy atom.